The van der Waals surface area contributed by atoms with E-state index in [2.05, 4.69) is 6.58 Å². The van der Waals surface area contributed by atoms with Crippen molar-refractivity contribution in [3.05, 3.63) is 12.2 Å². The van der Waals surface area contributed by atoms with E-state index in [1.54, 1.807) is 0 Å². The zero-order valence-corrected chi connectivity index (χ0v) is 13.6. The molecule has 0 spiro atoms. The first-order valence-corrected chi connectivity index (χ1v) is 7.33. The Labute approximate surface area is 130 Å². The third kappa shape index (κ3) is 3.48. The molecule has 0 heterocycles. The number of ether oxygens (including phenoxy) is 3. The Bertz CT molecular complexity index is 414. The van der Waals surface area contributed by atoms with E-state index in [1.165, 1.54) is 21.3 Å². The van der Waals surface area contributed by atoms with E-state index >= 15 is 0 Å². The molecule has 1 aliphatic carbocycles. The minimum atomic E-state index is -0.910. The van der Waals surface area contributed by atoms with E-state index in [0.29, 0.717) is 19.3 Å². The Balaban J connectivity index is 3.28. The minimum Gasteiger partial charge on any atom is -0.469 e. The van der Waals surface area contributed by atoms with Gasteiger partial charge in [-0.05, 0) is 25.2 Å². The van der Waals surface area contributed by atoms with Crippen LogP contribution >= 0.6 is 0 Å². The maximum atomic E-state index is 12.3. The summed E-state index contributed by atoms with van der Waals surface area (Å²) in [6.07, 6.45) is 1.72. The molecule has 1 rings (SSSR count). The van der Waals surface area contributed by atoms with Crippen LogP contribution in [0.3, 0.4) is 0 Å². The van der Waals surface area contributed by atoms with Crippen LogP contribution in [0.4, 0.5) is 0 Å². The molecule has 4 unspecified atom stereocenters. The molecular weight excluding hydrogens is 288 g/mol. The normalized spacial score (nSPS) is 27.6. The molecule has 4 atom stereocenters. The molecule has 0 radical (unpaired) electrons. The fourth-order valence-electron chi connectivity index (χ4n) is 3.25. The van der Waals surface area contributed by atoms with E-state index < -0.39 is 35.7 Å². The van der Waals surface area contributed by atoms with Gasteiger partial charge >= 0.3 is 17.9 Å². The minimum absolute atomic E-state index is 0.206. The maximum absolute atomic E-state index is 12.3. The van der Waals surface area contributed by atoms with Crippen LogP contribution in [-0.4, -0.2) is 39.2 Å². The lowest BCUT2D eigenvalue weighted by Gasteiger charge is -2.39. The fourth-order valence-corrected chi connectivity index (χ4v) is 3.25. The van der Waals surface area contributed by atoms with Crippen molar-refractivity contribution in [3.63, 3.8) is 0 Å². The third-order valence-electron chi connectivity index (χ3n) is 4.47. The number of esters is 3. The summed E-state index contributed by atoms with van der Waals surface area (Å²) >= 11 is 0. The van der Waals surface area contributed by atoms with Crippen LogP contribution in [0.15, 0.2) is 12.2 Å². The Morgan fingerprint density at radius 1 is 0.864 bits per heavy atom. The smallest absolute Gasteiger partial charge is 0.310 e. The van der Waals surface area contributed by atoms with E-state index in [9.17, 15) is 14.4 Å². The summed E-state index contributed by atoms with van der Waals surface area (Å²) < 4.78 is 14.5. The standard InChI is InChI=1S/C16H24O6/c1-6-9(2)10-7-8-11(14(17)20-3)13(16(19)22-5)12(10)15(18)21-4/h10-13H,2,6-8H2,1,3-5H3. The van der Waals surface area contributed by atoms with Gasteiger partial charge < -0.3 is 14.2 Å². The molecule has 6 nitrogen and oxygen atoms in total. The van der Waals surface area contributed by atoms with Crippen molar-refractivity contribution in [3.8, 4) is 0 Å². The zero-order chi connectivity index (χ0) is 16.9. The summed E-state index contributed by atoms with van der Waals surface area (Å²) in [5.41, 5.74) is 0.868. The second kappa shape index (κ2) is 7.96. The summed E-state index contributed by atoms with van der Waals surface area (Å²) in [4.78, 5) is 36.5. The Kier molecular flexibility index (Phi) is 6.59. The molecule has 0 bridgehead atoms. The van der Waals surface area contributed by atoms with Crippen molar-refractivity contribution >= 4 is 17.9 Å². The van der Waals surface area contributed by atoms with E-state index in [1.807, 2.05) is 6.92 Å². The topological polar surface area (TPSA) is 78.9 Å². The number of allylic oxidation sites excluding steroid dienone is 1. The van der Waals surface area contributed by atoms with Gasteiger partial charge in [-0.3, -0.25) is 14.4 Å². The van der Waals surface area contributed by atoms with E-state index in [0.717, 1.165) is 5.57 Å². The molecule has 0 aromatic carbocycles. The lowest BCUT2D eigenvalue weighted by atomic mass is 9.64. The average molecular weight is 312 g/mol. The van der Waals surface area contributed by atoms with Crippen LogP contribution in [0.5, 0.6) is 0 Å². The molecule has 6 heteroatoms. The van der Waals surface area contributed by atoms with Crippen LogP contribution in [0, 0.1) is 23.7 Å². The monoisotopic (exact) mass is 312 g/mol. The van der Waals surface area contributed by atoms with E-state index in [4.69, 9.17) is 14.2 Å². The highest BCUT2D eigenvalue weighted by molar-refractivity contribution is 5.88. The molecular formula is C16H24O6. The van der Waals surface area contributed by atoms with Gasteiger partial charge in [0.15, 0.2) is 0 Å². The number of hydrogen-bond acceptors (Lipinski definition) is 6. The molecule has 0 aliphatic heterocycles. The Morgan fingerprint density at radius 2 is 1.27 bits per heavy atom. The zero-order valence-electron chi connectivity index (χ0n) is 13.6. The van der Waals surface area contributed by atoms with Crippen molar-refractivity contribution in [1.82, 2.24) is 0 Å². The van der Waals surface area contributed by atoms with Gasteiger partial charge in [0.25, 0.3) is 0 Å². The summed E-state index contributed by atoms with van der Waals surface area (Å²) in [6, 6.07) is 0. The molecule has 0 amide bonds. The van der Waals surface area contributed by atoms with Gasteiger partial charge in [-0.2, -0.15) is 0 Å². The number of carbonyl (C=O) groups is 3. The van der Waals surface area contributed by atoms with Crippen molar-refractivity contribution in [2.45, 2.75) is 26.2 Å². The van der Waals surface area contributed by atoms with Crippen molar-refractivity contribution in [2.75, 3.05) is 21.3 Å². The molecule has 0 N–H and O–H groups in total. The van der Waals surface area contributed by atoms with Gasteiger partial charge in [-0.15, -0.1) is 0 Å². The van der Waals surface area contributed by atoms with Gasteiger partial charge in [0, 0.05) is 0 Å². The Hall–Kier alpha value is -1.85. The Morgan fingerprint density at radius 3 is 1.68 bits per heavy atom. The molecule has 0 aromatic rings. The SMILES string of the molecule is C=C(CC)C1CCC(C(=O)OC)C(C(=O)OC)C1C(=O)OC. The van der Waals surface area contributed by atoms with Crippen molar-refractivity contribution in [1.29, 1.82) is 0 Å². The van der Waals surface area contributed by atoms with E-state index in [-0.39, 0.29) is 5.92 Å². The first kappa shape index (κ1) is 18.2. The predicted octanol–water partition coefficient (Wildman–Crippen LogP) is 1.73. The van der Waals surface area contributed by atoms with Gasteiger partial charge in [-0.1, -0.05) is 19.1 Å². The molecule has 1 aliphatic rings. The lowest BCUT2D eigenvalue weighted by Crippen LogP contribution is -2.47. The van der Waals surface area contributed by atoms with Crippen molar-refractivity contribution in [2.24, 2.45) is 23.7 Å². The largest absolute Gasteiger partial charge is 0.469 e. The highest BCUT2D eigenvalue weighted by Crippen LogP contribution is 2.44. The summed E-state index contributed by atoms with van der Waals surface area (Å²) in [6.45, 7) is 5.94. The third-order valence-corrected chi connectivity index (χ3v) is 4.47. The number of methoxy groups -OCH3 is 3. The predicted molar refractivity (Wildman–Crippen MR) is 78.7 cm³/mol. The number of carbonyl (C=O) groups excluding carboxylic acids is 3. The first-order chi connectivity index (χ1) is 10.4. The van der Waals surface area contributed by atoms with Crippen LogP contribution in [-0.2, 0) is 28.6 Å². The van der Waals surface area contributed by atoms with Crippen LogP contribution < -0.4 is 0 Å². The summed E-state index contributed by atoms with van der Waals surface area (Å²) in [7, 11) is 3.77. The van der Waals surface area contributed by atoms with Crippen LogP contribution in [0.1, 0.15) is 26.2 Å². The van der Waals surface area contributed by atoms with Crippen LogP contribution in [0.2, 0.25) is 0 Å². The molecule has 0 aromatic heterocycles. The molecule has 1 fully saturated rings. The second-order valence-corrected chi connectivity index (χ2v) is 5.42. The van der Waals surface area contributed by atoms with Gasteiger partial charge in [-0.25, -0.2) is 0 Å². The summed E-state index contributed by atoms with van der Waals surface area (Å²) in [5, 5.41) is 0. The average Bonchev–Trinajstić information content (AvgIpc) is 2.57. The van der Waals surface area contributed by atoms with Crippen molar-refractivity contribution < 1.29 is 28.6 Å². The maximum Gasteiger partial charge on any atom is 0.310 e. The highest BCUT2D eigenvalue weighted by Gasteiger charge is 2.51. The summed E-state index contributed by atoms with van der Waals surface area (Å²) in [5.74, 6) is -4.23. The van der Waals surface area contributed by atoms with Gasteiger partial charge in [0.1, 0.15) is 0 Å². The quantitative estimate of drug-likeness (QED) is 0.437. The van der Waals surface area contributed by atoms with Gasteiger partial charge in [0.2, 0.25) is 0 Å². The first-order valence-electron chi connectivity index (χ1n) is 7.33. The molecule has 22 heavy (non-hydrogen) atoms. The second-order valence-electron chi connectivity index (χ2n) is 5.42. The van der Waals surface area contributed by atoms with Crippen LogP contribution in [0.25, 0.3) is 0 Å². The highest BCUT2D eigenvalue weighted by atomic mass is 16.5. The molecule has 0 saturated heterocycles. The number of hydrogen-bond donors (Lipinski definition) is 0. The lowest BCUT2D eigenvalue weighted by molar-refractivity contribution is -0.171. The number of rotatable bonds is 5. The fraction of sp³-hybridized carbons (Fsp3) is 0.688. The van der Waals surface area contributed by atoms with Gasteiger partial charge in [0.05, 0.1) is 39.1 Å². The molecule has 124 valence electrons. The molecule has 1 saturated carbocycles.